The second-order valence-electron chi connectivity index (χ2n) is 2.95. The number of carbonyl (C=O) groups excluding carboxylic acids is 1. The van der Waals surface area contributed by atoms with E-state index in [-0.39, 0.29) is 0 Å². The Labute approximate surface area is 83.2 Å². The zero-order valence-corrected chi connectivity index (χ0v) is 7.94. The van der Waals surface area contributed by atoms with Crippen LogP contribution in [0.3, 0.4) is 0 Å². The van der Waals surface area contributed by atoms with Crippen molar-refractivity contribution < 1.29 is 9.90 Å². The molecule has 0 amide bonds. The van der Waals surface area contributed by atoms with E-state index in [1.807, 2.05) is 43.3 Å². The number of benzene rings is 1. The molecule has 0 atom stereocenters. The molecule has 0 spiro atoms. The first-order valence-corrected chi connectivity index (χ1v) is 4.31. The third-order valence-corrected chi connectivity index (χ3v) is 1.68. The lowest BCUT2D eigenvalue weighted by Crippen LogP contribution is -2.18. The lowest BCUT2D eigenvalue weighted by atomic mass is 10.1. The molecule has 0 aliphatic rings. The highest BCUT2D eigenvalue weighted by Gasteiger charge is 1.85. The molecule has 0 aromatic heterocycles. The molecule has 0 heterocycles. The summed E-state index contributed by atoms with van der Waals surface area (Å²) in [7, 11) is 0. The average Bonchev–Trinajstić information content (AvgIpc) is 2.16. The molecule has 0 N–H and O–H groups in total. The Morgan fingerprint density at radius 1 is 1.21 bits per heavy atom. The van der Waals surface area contributed by atoms with Gasteiger partial charge in [0.05, 0.1) is 5.97 Å². The minimum Gasteiger partial charge on any atom is -0.545 e. The maximum atomic E-state index is 10.1. The van der Waals surface area contributed by atoms with Gasteiger partial charge in [-0.1, -0.05) is 48.1 Å². The maximum absolute atomic E-state index is 10.1. The van der Waals surface area contributed by atoms with Gasteiger partial charge in [0, 0.05) is 0 Å². The van der Waals surface area contributed by atoms with Gasteiger partial charge < -0.3 is 9.90 Å². The zero-order chi connectivity index (χ0) is 10.4. The molecule has 2 nitrogen and oxygen atoms in total. The zero-order valence-electron chi connectivity index (χ0n) is 7.94. The van der Waals surface area contributed by atoms with E-state index in [0.29, 0.717) is 0 Å². The summed E-state index contributed by atoms with van der Waals surface area (Å²) < 4.78 is 0. The Kier molecular flexibility index (Phi) is 3.68. The highest BCUT2D eigenvalue weighted by Crippen LogP contribution is 2.06. The van der Waals surface area contributed by atoms with Crippen molar-refractivity contribution in [3.8, 4) is 0 Å². The minimum atomic E-state index is -1.18. The molecule has 0 saturated heterocycles. The van der Waals surface area contributed by atoms with Crippen LogP contribution in [0.15, 0.2) is 48.1 Å². The van der Waals surface area contributed by atoms with E-state index in [2.05, 4.69) is 0 Å². The number of hydrogen-bond acceptors (Lipinski definition) is 2. The molecule has 72 valence electrons. The van der Waals surface area contributed by atoms with Crippen molar-refractivity contribution >= 4 is 12.0 Å². The van der Waals surface area contributed by atoms with Crippen LogP contribution in [-0.4, -0.2) is 5.97 Å². The number of rotatable bonds is 3. The number of carboxylic acid groups (broad SMARTS) is 1. The minimum absolute atomic E-state index is 0.875. The Bertz CT molecular complexity index is 361. The molecule has 0 aliphatic heterocycles. The second-order valence-corrected chi connectivity index (χ2v) is 2.95. The first-order chi connectivity index (χ1) is 6.68. The monoisotopic (exact) mass is 187 g/mol. The molecule has 0 radical (unpaired) electrons. The Morgan fingerprint density at radius 3 is 2.43 bits per heavy atom. The molecule has 0 bridgehead atoms. The predicted octanol–water partition coefficient (Wildman–Crippen LogP) is 1.40. The molecule has 1 aromatic rings. The molecule has 0 unspecified atom stereocenters. The largest absolute Gasteiger partial charge is 0.545 e. The van der Waals surface area contributed by atoms with Crippen LogP contribution < -0.4 is 5.11 Å². The number of hydrogen-bond donors (Lipinski definition) is 0. The molecule has 1 aromatic carbocycles. The SMILES string of the molecule is CC(/C=C/C(=O)[O-])=C\c1ccccc1. The van der Waals surface area contributed by atoms with Crippen LogP contribution in [0.4, 0.5) is 0 Å². The third-order valence-electron chi connectivity index (χ3n) is 1.68. The van der Waals surface area contributed by atoms with Crippen molar-refractivity contribution in [1.82, 2.24) is 0 Å². The van der Waals surface area contributed by atoms with Gasteiger partial charge in [0.2, 0.25) is 0 Å². The summed E-state index contributed by atoms with van der Waals surface area (Å²) in [4.78, 5) is 10.1. The molecule has 0 fully saturated rings. The van der Waals surface area contributed by atoms with Gasteiger partial charge in [0.1, 0.15) is 0 Å². The van der Waals surface area contributed by atoms with Crippen LogP contribution in [-0.2, 0) is 4.79 Å². The molecule has 0 saturated carbocycles. The van der Waals surface area contributed by atoms with E-state index in [4.69, 9.17) is 0 Å². The standard InChI is InChI=1S/C12H12O2/c1-10(7-8-12(13)14)9-11-5-3-2-4-6-11/h2-9H,1H3,(H,13,14)/p-1/b8-7+,10-9+. The predicted molar refractivity (Wildman–Crippen MR) is 54.2 cm³/mol. The van der Waals surface area contributed by atoms with Gasteiger partial charge in [0.25, 0.3) is 0 Å². The average molecular weight is 187 g/mol. The molecular weight excluding hydrogens is 176 g/mol. The van der Waals surface area contributed by atoms with Crippen LogP contribution in [0, 0.1) is 0 Å². The first kappa shape index (κ1) is 10.3. The first-order valence-electron chi connectivity index (χ1n) is 4.31. The van der Waals surface area contributed by atoms with Crippen LogP contribution in [0.5, 0.6) is 0 Å². The van der Waals surface area contributed by atoms with Gasteiger partial charge in [-0.05, 0) is 18.6 Å². The van der Waals surface area contributed by atoms with Crippen LogP contribution in [0.25, 0.3) is 6.08 Å². The van der Waals surface area contributed by atoms with Crippen molar-refractivity contribution in [3.63, 3.8) is 0 Å². The molecule has 0 aliphatic carbocycles. The van der Waals surface area contributed by atoms with Gasteiger partial charge in [0.15, 0.2) is 0 Å². The van der Waals surface area contributed by atoms with Crippen LogP contribution in [0.2, 0.25) is 0 Å². The quantitative estimate of drug-likeness (QED) is 0.530. The van der Waals surface area contributed by atoms with E-state index < -0.39 is 5.97 Å². The molecule has 14 heavy (non-hydrogen) atoms. The summed E-state index contributed by atoms with van der Waals surface area (Å²) in [6, 6.07) is 9.71. The summed E-state index contributed by atoms with van der Waals surface area (Å²) >= 11 is 0. The third kappa shape index (κ3) is 3.72. The van der Waals surface area contributed by atoms with E-state index >= 15 is 0 Å². The van der Waals surface area contributed by atoms with Crippen LogP contribution >= 0.6 is 0 Å². The molecular formula is C12H11O2-. The Hall–Kier alpha value is -1.83. The summed E-state index contributed by atoms with van der Waals surface area (Å²) in [5.41, 5.74) is 1.92. The number of carbonyl (C=O) groups is 1. The summed E-state index contributed by atoms with van der Waals surface area (Å²) in [6.07, 6.45) is 4.44. The maximum Gasteiger partial charge on any atom is 0.0642 e. The van der Waals surface area contributed by atoms with E-state index in [0.717, 1.165) is 17.2 Å². The van der Waals surface area contributed by atoms with Gasteiger partial charge in [-0.2, -0.15) is 0 Å². The number of aliphatic carboxylic acids is 1. The van der Waals surface area contributed by atoms with Crippen molar-refractivity contribution in [3.05, 3.63) is 53.6 Å². The second kappa shape index (κ2) is 5.02. The van der Waals surface area contributed by atoms with Crippen molar-refractivity contribution in [2.45, 2.75) is 6.92 Å². The lowest BCUT2D eigenvalue weighted by Gasteiger charge is -1.95. The summed E-state index contributed by atoms with van der Waals surface area (Å²) in [6.45, 7) is 1.84. The van der Waals surface area contributed by atoms with E-state index in [1.54, 1.807) is 0 Å². The smallest absolute Gasteiger partial charge is 0.0642 e. The summed E-state index contributed by atoms with van der Waals surface area (Å²) in [5, 5.41) is 10.1. The Balaban J connectivity index is 2.74. The Morgan fingerprint density at radius 2 is 1.86 bits per heavy atom. The summed E-state index contributed by atoms with van der Waals surface area (Å²) in [5.74, 6) is -1.18. The normalized spacial score (nSPS) is 11.9. The lowest BCUT2D eigenvalue weighted by molar-refractivity contribution is -0.297. The highest BCUT2D eigenvalue weighted by atomic mass is 16.4. The van der Waals surface area contributed by atoms with Crippen molar-refractivity contribution in [2.75, 3.05) is 0 Å². The van der Waals surface area contributed by atoms with E-state index in [9.17, 15) is 9.90 Å². The van der Waals surface area contributed by atoms with E-state index in [1.165, 1.54) is 6.08 Å². The van der Waals surface area contributed by atoms with Gasteiger partial charge in [-0.3, -0.25) is 0 Å². The number of allylic oxidation sites excluding steroid dienone is 2. The molecule has 1 rings (SSSR count). The van der Waals surface area contributed by atoms with Gasteiger partial charge >= 0.3 is 0 Å². The fraction of sp³-hybridized carbons (Fsp3) is 0.0833. The van der Waals surface area contributed by atoms with Crippen molar-refractivity contribution in [2.24, 2.45) is 0 Å². The fourth-order valence-electron chi connectivity index (χ4n) is 1.06. The van der Waals surface area contributed by atoms with Gasteiger partial charge in [-0.25, -0.2) is 0 Å². The fourth-order valence-corrected chi connectivity index (χ4v) is 1.06. The van der Waals surface area contributed by atoms with Gasteiger partial charge in [-0.15, -0.1) is 0 Å². The van der Waals surface area contributed by atoms with Crippen LogP contribution in [0.1, 0.15) is 12.5 Å². The van der Waals surface area contributed by atoms with Crippen molar-refractivity contribution in [1.29, 1.82) is 0 Å². The number of carboxylic acids is 1. The topological polar surface area (TPSA) is 40.1 Å². The highest BCUT2D eigenvalue weighted by molar-refractivity contribution is 5.78. The molecule has 2 heteroatoms.